The van der Waals surface area contributed by atoms with Crippen LogP contribution in [0.2, 0.25) is 0 Å². The third-order valence-corrected chi connectivity index (χ3v) is 9.19. The first-order chi connectivity index (χ1) is 14.1. The van der Waals surface area contributed by atoms with Crippen LogP contribution >= 0.6 is 0 Å². The summed E-state index contributed by atoms with van der Waals surface area (Å²) >= 11 is 0. The number of rotatable bonds is 6. The van der Waals surface area contributed by atoms with E-state index in [0.717, 1.165) is 43.5 Å². The van der Waals surface area contributed by atoms with E-state index in [1.54, 1.807) is 10.4 Å². The fourth-order valence-corrected chi connectivity index (χ4v) is 7.56. The van der Waals surface area contributed by atoms with Crippen molar-refractivity contribution in [3.8, 4) is 0 Å². The quantitative estimate of drug-likeness (QED) is 0.608. The van der Waals surface area contributed by atoms with Gasteiger partial charge in [0.25, 0.3) is 10.2 Å². The average molecular weight is 461 g/mol. The Morgan fingerprint density at radius 2 is 2.00 bits per heavy atom. The summed E-state index contributed by atoms with van der Waals surface area (Å²) < 4.78 is 65.6. The van der Waals surface area contributed by atoms with Gasteiger partial charge >= 0.3 is 0 Å². The molecule has 168 valence electrons. The van der Waals surface area contributed by atoms with E-state index >= 15 is 0 Å². The molecule has 3 atom stereocenters. The fraction of sp³-hybridized carbons (Fsp3) is 0.684. The number of piperidine rings is 2. The number of hydrogen-bond donors (Lipinski definition) is 2. The fourth-order valence-electron chi connectivity index (χ4n) is 5.31. The molecule has 0 bridgehead atoms. The van der Waals surface area contributed by atoms with Gasteiger partial charge in [-0.3, -0.25) is 4.90 Å². The summed E-state index contributed by atoms with van der Waals surface area (Å²) in [5.74, 6) is -0.0604. The first kappa shape index (κ1) is 22.1. The average Bonchev–Trinajstić information content (AvgIpc) is 2.68. The number of nitrogens with zero attached hydrogens (tertiary/aromatic N) is 2. The van der Waals surface area contributed by atoms with Crippen LogP contribution in [0.15, 0.2) is 18.2 Å². The summed E-state index contributed by atoms with van der Waals surface area (Å²) in [5.41, 5.74) is 2.13. The molecule has 0 spiro atoms. The van der Waals surface area contributed by atoms with Crippen LogP contribution in [0.4, 0.5) is 4.39 Å². The number of nitrogens with one attached hydrogen (secondary N) is 1. The highest BCUT2D eigenvalue weighted by Crippen LogP contribution is 2.43. The molecule has 3 heterocycles. The number of nitrogens with two attached hydrogens (primary N) is 1. The predicted octanol–water partition coefficient (Wildman–Crippen LogP) is 0.722. The molecular weight excluding hydrogens is 431 g/mol. The zero-order valence-corrected chi connectivity index (χ0v) is 18.5. The van der Waals surface area contributed by atoms with Crippen LogP contribution in [-0.2, 0) is 26.7 Å². The van der Waals surface area contributed by atoms with E-state index in [1.807, 2.05) is 6.07 Å². The van der Waals surface area contributed by atoms with Crippen molar-refractivity contribution in [1.29, 1.82) is 0 Å². The molecule has 1 aromatic rings. The second-order valence-electron chi connectivity index (χ2n) is 8.53. The highest BCUT2D eigenvalue weighted by atomic mass is 32.2. The SMILES string of the molecule is NS(=O)(=O)NCCCS(=O)(=O)N1CCC[C@@H]2CN3CCc4cc(F)ccc4[C@@H]3C[C@@H]21. The molecule has 0 aromatic heterocycles. The largest absolute Gasteiger partial charge is 0.296 e. The Bertz CT molecular complexity index is 1000. The Hall–Kier alpha value is -1.11. The van der Waals surface area contributed by atoms with Crippen molar-refractivity contribution in [2.75, 3.05) is 31.9 Å². The van der Waals surface area contributed by atoms with Gasteiger partial charge in [0.1, 0.15) is 5.82 Å². The van der Waals surface area contributed by atoms with E-state index in [-0.39, 0.29) is 42.5 Å². The summed E-state index contributed by atoms with van der Waals surface area (Å²) in [6.07, 6.45) is 3.53. The molecule has 0 aliphatic carbocycles. The molecule has 0 amide bonds. The third kappa shape index (κ3) is 4.71. The van der Waals surface area contributed by atoms with Crippen molar-refractivity contribution in [3.63, 3.8) is 0 Å². The van der Waals surface area contributed by atoms with Gasteiger partial charge < -0.3 is 0 Å². The van der Waals surface area contributed by atoms with Crippen molar-refractivity contribution in [3.05, 3.63) is 35.1 Å². The second-order valence-corrected chi connectivity index (χ2v) is 11.9. The zero-order chi connectivity index (χ0) is 21.5. The number of halogens is 1. The van der Waals surface area contributed by atoms with E-state index in [9.17, 15) is 21.2 Å². The van der Waals surface area contributed by atoms with Crippen LogP contribution < -0.4 is 9.86 Å². The van der Waals surface area contributed by atoms with E-state index in [2.05, 4.69) is 9.62 Å². The number of benzene rings is 1. The van der Waals surface area contributed by atoms with Gasteiger partial charge in [-0.05, 0) is 61.3 Å². The van der Waals surface area contributed by atoms with Gasteiger partial charge in [-0.1, -0.05) is 6.07 Å². The lowest BCUT2D eigenvalue weighted by Gasteiger charge is -2.51. The van der Waals surface area contributed by atoms with Crippen molar-refractivity contribution < 1.29 is 21.2 Å². The number of sulfonamides is 1. The minimum absolute atomic E-state index is 0.00462. The van der Waals surface area contributed by atoms with Gasteiger partial charge in [0, 0.05) is 38.3 Å². The molecule has 11 heteroatoms. The Morgan fingerprint density at radius 1 is 1.20 bits per heavy atom. The predicted molar refractivity (Wildman–Crippen MR) is 112 cm³/mol. The van der Waals surface area contributed by atoms with E-state index < -0.39 is 20.2 Å². The summed E-state index contributed by atoms with van der Waals surface area (Å²) in [6, 6.07) is 4.97. The molecule has 4 rings (SSSR count). The van der Waals surface area contributed by atoms with Crippen LogP contribution in [0.3, 0.4) is 0 Å². The number of hydrogen-bond acceptors (Lipinski definition) is 5. The molecule has 8 nitrogen and oxygen atoms in total. The van der Waals surface area contributed by atoms with Crippen LogP contribution in [0.5, 0.6) is 0 Å². The molecular formula is C19H29FN4O4S2. The Morgan fingerprint density at radius 3 is 2.77 bits per heavy atom. The summed E-state index contributed by atoms with van der Waals surface area (Å²) in [5, 5.41) is 4.90. The Labute approximate surface area is 177 Å². The first-order valence-electron chi connectivity index (χ1n) is 10.4. The summed E-state index contributed by atoms with van der Waals surface area (Å²) in [4.78, 5) is 2.42. The smallest absolute Gasteiger partial charge is 0.274 e. The molecule has 0 saturated carbocycles. The lowest BCUT2D eigenvalue weighted by molar-refractivity contribution is 0.0219. The molecule has 0 unspecified atom stereocenters. The van der Waals surface area contributed by atoms with Gasteiger partial charge in [0.15, 0.2) is 0 Å². The molecule has 30 heavy (non-hydrogen) atoms. The normalized spacial score (nSPS) is 27.9. The van der Waals surface area contributed by atoms with Gasteiger partial charge in [0.2, 0.25) is 10.0 Å². The monoisotopic (exact) mass is 460 g/mol. The van der Waals surface area contributed by atoms with E-state index in [0.29, 0.717) is 13.0 Å². The maximum Gasteiger partial charge on any atom is 0.274 e. The van der Waals surface area contributed by atoms with Crippen LogP contribution in [-0.4, -0.2) is 64.0 Å². The van der Waals surface area contributed by atoms with Crippen molar-refractivity contribution in [2.24, 2.45) is 11.1 Å². The van der Waals surface area contributed by atoms with Crippen LogP contribution in [0.25, 0.3) is 0 Å². The zero-order valence-electron chi connectivity index (χ0n) is 16.8. The lowest BCUT2D eigenvalue weighted by atomic mass is 9.77. The van der Waals surface area contributed by atoms with E-state index in [4.69, 9.17) is 5.14 Å². The highest BCUT2D eigenvalue weighted by molar-refractivity contribution is 7.89. The highest BCUT2D eigenvalue weighted by Gasteiger charge is 2.45. The van der Waals surface area contributed by atoms with Gasteiger partial charge in [-0.25, -0.2) is 22.7 Å². The van der Waals surface area contributed by atoms with Crippen molar-refractivity contribution in [1.82, 2.24) is 13.9 Å². The summed E-state index contributed by atoms with van der Waals surface area (Å²) in [7, 11) is -7.34. The van der Waals surface area contributed by atoms with Crippen molar-refractivity contribution in [2.45, 2.75) is 44.2 Å². The Balaban J connectivity index is 1.49. The maximum absolute atomic E-state index is 13.7. The van der Waals surface area contributed by atoms with Crippen LogP contribution in [0, 0.1) is 11.7 Å². The summed E-state index contributed by atoms with van der Waals surface area (Å²) in [6.45, 7) is 2.21. The molecule has 3 aliphatic rings. The minimum Gasteiger partial charge on any atom is -0.296 e. The molecule has 2 fully saturated rings. The van der Waals surface area contributed by atoms with Gasteiger partial charge in [0.05, 0.1) is 5.75 Å². The number of fused-ring (bicyclic) bond motifs is 4. The van der Waals surface area contributed by atoms with Gasteiger partial charge in [-0.2, -0.15) is 12.7 Å². The van der Waals surface area contributed by atoms with Crippen molar-refractivity contribution >= 4 is 20.2 Å². The van der Waals surface area contributed by atoms with Gasteiger partial charge in [-0.15, -0.1) is 0 Å². The Kier molecular flexibility index (Phi) is 6.21. The molecule has 1 aromatic carbocycles. The maximum atomic E-state index is 13.7. The topological polar surface area (TPSA) is 113 Å². The third-order valence-electron chi connectivity index (χ3n) is 6.61. The standard InChI is InChI=1S/C19H29FN4O4S2/c20-16-4-5-17-14(11-16)6-9-23-13-15-3-1-8-24(18(15)12-19(17)23)29(25,26)10-2-7-22-30(21,27)28/h4-5,11,15,18-19,22H,1-3,6-10,12-13H2,(H2,21,27,28)/t15-,18+,19+/m1/s1. The second kappa shape index (κ2) is 8.44. The molecule has 2 saturated heterocycles. The molecule has 3 aliphatic heterocycles. The van der Waals surface area contributed by atoms with E-state index in [1.165, 1.54) is 6.07 Å². The molecule has 0 radical (unpaired) electrons. The van der Waals surface area contributed by atoms with Crippen LogP contribution in [0.1, 0.15) is 42.9 Å². The minimum atomic E-state index is -3.82. The first-order valence-corrected chi connectivity index (χ1v) is 13.6. The lowest BCUT2D eigenvalue weighted by Crippen LogP contribution is -2.57. The molecule has 3 N–H and O–H groups in total.